The minimum atomic E-state index is -0.426. The van der Waals surface area contributed by atoms with E-state index in [-0.39, 0.29) is 24.3 Å². The van der Waals surface area contributed by atoms with E-state index in [1.807, 2.05) is 31.2 Å². The molecule has 1 heterocycles. The summed E-state index contributed by atoms with van der Waals surface area (Å²) in [5, 5.41) is 3.29. The number of morpholine rings is 1. The molecule has 1 aliphatic rings. The second kappa shape index (κ2) is 9.04. The third-order valence-corrected chi connectivity index (χ3v) is 4.04. The summed E-state index contributed by atoms with van der Waals surface area (Å²) in [4.78, 5) is 0. The van der Waals surface area contributed by atoms with Crippen molar-refractivity contribution < 1.29 is 18.6 Å². The molecule has 0 aliphatic carbocycles. The van der Waals surface area contributed by atoms with Crippen LogP contribution in [0.5, 0.6) is 11.5 Å². The van der Waals surface area contributed by atoms with Gasteiger partial charge in [0, 0.05) is 13.1 Å². The molecule has 2 aromatic carbocycles. The number of methoxy groups -OCH3 is 1. The van der Waals surface area contributed by atoms with Crippen LogP contribution in [0.4, 0.5) is 4.39 Å². The minimum absolute atomic E-state index is 0. The lowest BCUT2D eigenvalue weighted by Crippen LogP contribution is -2.43. The molecule has 0 unspecified atom stereocenters. The molecule has 25 heavy (non-hydrogen) atoms. The van der Waals surface area contributed by atoms with Crippen LogP contribution in [-0.4, -0.2) is 32.9 Å². The average molecular weight is 368 g/mol. The second-order valence-corrected chi connectivity index (χ2v) is 5.86. The highest BCUT2D eigenvalue weighted by Crippen LogP contribution is 2.34. The lowest BCUT2D eigenvalue weighted by molar-refractivity contribution is -0.0439. The molecule has 0 saturated carbocycles. The van der Waals surface area contributed by atoms with E-state index in [4.69, 9.17) is 14.2 Å². The van der Waals surface area contributed by atoms with E-state index in [9.17, 15) is 4.39 Å². The molecule has 136 valence electrons. The molecular formula is C19H23ClFNO3. The maximum absolute atomic E-state index is 13.7. The zero-order chi connectivity index (χ0) is 16.9. The first-order valence-corrected chi connectivity index (χ1v) is 8.06. The van der Waals surface area contributed by atoms with Crippen LogP contribution in [0.15, 0.2) is 42.5 Å². The average Bonchev–Trinajstić information content (AvgIpc) is 2.61. The molecule has 1 fully saturated rings. The summed E-state index contributed by atoms with van der Waals surface area (Å²) >= 11 is 0. The Labute approximate surface area is 153 Å². The summed E-state index contributed by atoms with van der Waals surface area (Å²) in [6.07, 6.45) is -0.628. The van der Waals surface area contributed by atoms with E-state index in [2.05, 4.69) is 5.32 Å². The molecule has 0 bridgehead atoms. The summed E-state index contributed by atoms with van der Waals surface area (Å²) in [7, 11) is 1.61. The SMILES string of the molecule is COc1cc(C)ccc1O[C@@H](c1cccc(F)c1)[C@@H]1CNCCO1.Cl. The summed E-state index contributed by atoms with van der Waals surface area (Å²) in [6.45, 7) is 4.05. The van der Waals surface area contributed by atoms with Crippen LogP contribution in [-0.2, 0) is 4.74 Å². The Bertz CT molecular complexity index is 692. The lowest BCUT2D eigenvalue weighted by atomic mass is 10.0. The molecule has 0 radical (unpaired) electrons. The number of hydrogen-bond acceptors (Lipinski definition) is 4. The van der Waals surface area contributed by atoms with Gasteiger partial charge in [-0.05, 0) is 42.3 Å². The van der Waals surface area contributed by atoms with Crippen molar-refractivity contribution in [2.24, 2.45) is 0 Å². The topological polar surface area (TPSA) is 39.7 Å². The van der Waals surface area contributed by atoms with E-state index in [0.29, 0.717) is 24.7 Å². The van der Waals surface area contributed by atoms with Gasteiger partial charge in [0.2, 0.25) is 0 Å². The Morgan fingerprint density at radius 1 is 1.20 bits per heavy atom. The first kappa shape index (κ1) is 19.5. The predicted molar refractivity (Wildman–Crippen MR) is 97.4 cm³/mol. The molecule has 0 spiro atoms. The van der Waals surface area contributed by atoms with E-state index < -0.39 is 6.10 Å². The molecule has 3 rings (SSSR count). The van der Waals surface area contributed by atoms with Crippen molar-refractivity contribution in [1.29, 1.82) is 0 Å². The van der Waals surface area contributed by atoms with Gasteiger partial charge in [0.05, 0.1) is 13.7 Å². The predicted octanol–water partition coefficient (Wildman–Crippen LogP) is 3.67. The fourth-order valence-corrected chi connectivity index (χ4v) is 2.83. The number of aryl methyl sites for hydroxylation is 1. The van der Waals surface area contributed by atoms with Crippen molar-refractivity contribution in [3.8, 4) is 11.5 Å². The molecule has 0 aromatic heterocycles. The largest absolute Gasteiger partial charge is 0.493 e. The first-order valence-electron chi connectivity index (χ1n) is 8.06. The fraction of sp³-hybridized carbons (Fsp3) is 0.368. The number of ether oxygens (including phenoxy) is 3. The van der Waals surface area contributed by atoms with Gasteiger partial charge in [0.1, 0.15) is 11.9 Å². The van der Waals surface area contributed by atoms with Gasteiger partial charge >= 0.3 is 0 Å². The van der Waals surface area contributed by atoms with Crippen LogP contribution >= 0.6 is 12.4 Å². The molecule has 1 aliphatic heterocycles. The highest BCUT2D eigenvalue weighted by molar-refractivity contribution is 5.85. The number of nitrogens with one attached hydrogen (secondary N) is 1. The molecule has 2 atom stereocenters. The Hall–Kier alpha value is -1.82. The van der Waals surface area contributed by atoms with Crippen molar-refractivity contribution in [3.05, 3.63) is 59.4 Å². The van der Waals surface area contributed by atoms with Gasteiger partial charge in [-0.15, -0.1) is 12.4 Å². The molecule has 0 amide bonds. The lowest BCUT2D eigenvalue weighted by Gasteiger charge is -2.32. The van der Waals surface area contributed by atoms with Crippen LogP contribution in [0.25, 0.3) is 0 Å². The number of hydrogen-bond donors (Lipinski definition) is 1. The van der Waals surface area contributed by atoms with Crippen LogP contribution in [0.3, 0.4) is 0 Å². The first-order chi connectivity index (χ1) is 11.7. The third-order valence-electron chi connectivity index (χ3n) is 4.04. The number of rotatable bonds is 5. The third kappa shape index (κ3) is 4.84. The molecule has 4 nitrogen and oxygen atoms in total. The quantitative estimate of drug-likeness (QED) is 0.875. The van der Waals surface area contributed by atoms with Crippen molar-refractivity contribution in [3.63, 3.8) is 0 Å². The Kier molecular flexibility index (Phi) is 7.05. The highest BCUT2D eigenvalue weighted by atomic mass is 35.5. The molecule has 1 saturated heterocycles. The zero-order valence-electron chi connectivity index (χ0n) is 14.3. The van der Waals surface area contributed by atoms with Crippen molar-refractivity contribution in [1.82, 2.24) is 5.32 Å². The maximum atomic E-state index is 13.7. The van der Waals surface area contributed by atoms with E-state index >= 15 is 0 Å². The smallest absolute Gasteiger partial charge is 0.162 e. The Morgan fingerprint density at radius 2 is 2.04 bits per heavy atom. The van der Waals surface area contributed by atoms with Crippen molar-refractivity contribution in [2.45, 2.75) is 19.1 Å². The van der Waals surface area contributed by atoms with Gasteiger partial charge in [0.15, 0.2) is 17.6 Å². The van der Waals surface area contributed by atoms with E-state index in [1.54, 1.807) is 13.2 Å². The van der Waals surface area contributed by atoms with Crippen molar-refractivity contribution in [2.75, 3.05) is 26.8 Å². The maximum Gasteiger partial charge on any atom is 0.162 e. The van der Waals surface area contributed by atoms with Crippen LogP contribution in [0.2, 0.25) is 0 Å². The number of halogens is 2. The van der Waals surface area contributed by atoms with Gasteiger partial charge in [-0.2, -0.15) is 0 Å². The van der Waals surface area contributed by atoms with E-state index in [0.717, 1.165) is 17.7 Å². The molecule has 2 aromatic rings. The zero-order valence-corrected chi connectivity index (χ0v) is 15.1. The van der Waals surface area contributed by atoms with Crippen LogP contribution in [0, 0.1) is 12.7 Å². The van der Waals surface area contributed by atoms with E-state index in [1.165, 1.54) is 12.1 Å². The Balaban J connectivity index is 0.00000225. The van der Waals surface area contributed by atoms with Gasteiger partial charge < -0.3 is 19.5 Å². The standard InChI is InChI=1S/C19H22FNO3.ClH/c1-13-6-7-16(17(10-13)22-2)24-19(18-12-21-8-9-23-18)14-4-3-5-15(20)11-14;/h3-7,10-11,18-19,21H,8-9,12H2,1-2H3;1H/t18-,19-;/m0./s1. The van der Waals surface area contributed by atoms with Gasteiger partial charge in [-0.3, -0.25) is 0 Å². The minimum Gasteiger partial charge on any atom is -0.493 e. The van der Waals surface area contributed by atoms with Gasteiger partial charge in [0.25, 0.3) is 0 Å². The summed E-state index contributed by atoms with van der Waals surface area (Å²) in [6, 6.07) is 12.2. The van der Waals surface area contributed by atoms with Gasteiger partial charge in [-0.1, -0.05) is 18.2 Å². The molecule has 1 N–H and O–H groups in total. The molecular weight excluding hydrogens is 345 g/mol. The van der Waals surface area contributed by atoms with Gasteiger partial charge in [-0.25, -0.2) is 4.39 Å². The highest BCUT2D eigenvalue weighted by Gasteiger charge is 2.29. The van der Waals surface area contributed by atoms with Crippen molar-refractivity contribution >= 4 is 12.4 Å². The number of benzene rings is 2. The monoisotopic (exact) mass is 367 g/mol. The summed E-state index contributed by atoms with van der Waals surface area (Å²) < 4.78 is 31.2. The fourth-order valence-electron chi connectivity index (χ4n) is 2.83. The summed E-state index contributed by atoms with van der Waals surface area (Å²) in [5.41, 5.74) is 1.82. The van der Waals surface area contributed by atoms with Crippen LogP contribution < -0.4 is 14.8 Å². The Morgan fingerprint density at radius 3 is 2.72 bits per heavy atom. The molecule has 6 heteroatoms. The summed E-state index contributed by atoms with van der Waals surface area (Å²) in [5.74, 6) is 0.979. The normalized spacial score (nSPS) is 18.1. The van der Waals surface area contributed by atoms with Crippen LogP contribution in [0.1, 0.15) is 17.2 Å². The second-order valence-electron chi connectivity index (χ2n) is 5.86.